The van der Waals surface area contributed by atoms with E-state index in [2.05, 4.69) is 15.7 Å². The number of carbonyl (C=O) groups is 1. The minimum Gasteiger partial charge on any atom is -0.394 e. The van der Waals surface area contributed by atoms with Gasteiger partial charge in [-0.3, -0.25) is 14.4 Å². The molecule has 1 aromatic carbocycles. The molecule has 0 unspecified atom stereocenters. The molecule has 2 aromatic heterocycles. The third-order valence-electron chi connectivity index (χ3n) is 3.67. The van der Waals surface area contributed by atoms with Crippen LogP contribution in [0.4, 0.5) is 4.39 Å². The van der Waals surface area contributed by atoms with Crippen LogP contribution >= 0.6 is 22.6 Å². The number of nitrogens with one attached hydrogen (secondary N) is 2. The molecular formula is C16H14FIN4O4. The van der Waals surface area contributed by atoms with Crippen LogP contribution < -0.4 is 11.0 Å². The number of hydrogen-bond acceptors (Lipinski definition) is 5. The van der Waals surface area contributed by atoms with Crippen molar-refractivity contribution < 1.29 is 19.1 Å². The second-order valence-corrected chi connectivity index (χ2v) is 6.60. The van der Waals surface area contributed by atoms with Crippen molar-refractivity contribution in [3.8, 4) is 0 Å². The first kappa shape index (κ1) is 18.5. The summed E-state index contributed by atoms with van der Waals surface area (Å²) in [5.41, 5.74) is 2.57. The van der Waals surface area contributed by atoms with Crippen molar-refractivity contribution in [1.29, 1.82) is 0 Å². The first-order valence-electron chi connectivity index (χ1n) is 7.55. The normalized spacial score (nSPS) is 11.0. The van der Waals surface area contributed by atoms with Crippen molar-refractivity contribution in [1.82, 2.24) is 20.2 Å². The molecule has 0 fully saturated rings. The molecule has 0 spiro atoms. The van der Waals surface area contributed by atoms with E-state index >= 15 is 0 Å². The van der Waals surface area contributed by atoms with E-state index < -0.39 is 17.3 Å². The summed E-state index contributed by atoms with van der Waals surface area (Å²) in [5, 5.41) is 15.0. The number of H-pyrrole nitrogens is 1. The highest BCUT2D eigenvalue weighted by molar-refractivity contribution is 14.1. The van der Waals surface area contributed by atoms with E-state index in [9.17, 15) is 14.0 Å². The molecule has 10 heteroatoms. The van der Waals surface area contributed by atoms with E-state index in [1.165, 1.54) is 22.9 Å². The molecule has 3 rings (SSSR count). The van der Waals surface area contributed by atoms with Gasteiger partial charge in [0.1, 0.15) is 11.5 Å². The van der Waals surface area contributed by atoms with E-state index in [4.69, 9.17) is 9.94 Å². The predicted molar refractivity (Wildman–Crippen MR) is 99.1 cm³/mol. The smallest absolute Gasteiger partial charge is 0.291 e. The first-order valence-corrected chi connectivity index (χ1v) is 8.63. The number of carbonyl (C=O) groups excluding carboxylic acids is 1. The molecule has 1 amide bonds. The lowest BCUT2D eigenvalue weighted by molar-refractivity contribution is 0.0162. The summed E-state index contributed by atoms with van der Waals surface area (Å²) >= 11 is 2.00. The van der Waals surface area contributed by atoms with Gasteiger partial charge in [-0.1, -0.05) is 6.07 Å². The molecule has 3 aromatic rings. The van der Waals surface area contributed by atoms with E-state index in [0.717, 1.165) is 3.57 Å². The second kappa shape index (κ2) is 7.93. The molecule has 26 heavy (non-hydrogen) atoms. The van der Waals surface area contributed by atoms with Gasteiger partial charge in [-0.2, -0.15) is 5.10 Å². The van der Waals surface area contributed by atoms with Gasteiger partial charge in [0.25, 0.3) is 11.5 Å². The van der Waals surface area contributed by atoms with Crippen molar-refractivity contribution in [2.75, 3.05) is 13.2 Å². The molecule has 0 aliphatic heterocycles. The molecular weight excluding hydrogens is 458 g/mol. The molecule has 8 nitrogen and oxygen atoms in total. The van der Waals surface area contributed by atoms with Crippen LogP contribution in [0.3, 0.4) is 0 Å². The van der Waals surface area contributed by atoms with Crippen LogP contribution in [0, 0.1) is 9.39 Å². The number of halogens is 2. The van der Waals surface area contributed by atoms with E-state index in [1.807, 2.05) is 22.6 Å². The minimum absolute atomic E-state index is 0.0279. The lowest BCUT2D eigenvalue weighted by Crippen LogP contribution is -2.27. The number of hydrogen-bond donors (Lipinski definition) is 3. The van der Waals surface area contributed by atoms with Gasteiger partial charge in [-0.25, -0.2) is 15.0 Å². The van der Waals surface area contributed by atoms with E-state index in [0.29, 0.717) is 11.1 Å². The topological polar surface area (TPSA) is 109 Å². The zero-order chi connectivity index (χ0) is 18.7. The zero-order valence-corrected chi connectivity index (χ0v) is 15.5. The number of amides is 1. The van der Waals surface area contributed by atoms with Crippen molar-refractivity contribution in [3.63, 3.8) is 0 Å². The van der Waals surface area contributed by atoms with Gasteiger partial charge < -0.3 is 9.67 Å². The summed E-state index contributed by atoms with van der Waals surface area (Å²) < 4.78 is 16.5. The predicted octanol–water partition coefficient (Wildman–Crippen LogP) is 1.17. The van der Waals surface area contributed by atoms with Crippen LogP contribution in [-0.4, -0.2) is 39.0 Å². The Morgan fingerprint density at radius 1 is 1.42 bits per heavy atom. The largest absolute Gasteiger partial charge is 0.394 e. The second-order valence-electron chi connectivity index (χ2n) is 5.35. The molecule has 0 radical (unpaired) electrons. The fourth-order valence-electron chi connectivity index (χ4n) is 2.49. The highest BCUT2D eigenvalue weighted by Gasteiger charge is 2.19. The Kier molecular flexibility index (Phi) is 5.64. The quantitative estimate of drug-likeness (QED) is 0.284. The average molecular weight is 472 g/mol. The number of nitrogens with zero attached hydrogens (tertiary/aromatic N) is 2. The average Bonchev–Trinajstić information content (AvgIpc) is 2.98. The SMILES string of the molecule is O=C(NOCCO)c1cc2c(=O)[nH]ncc2n1Cc1ccc(I)cc1F. The van der Waals surface area contributed by atoms with Crippen LogP contribution in [0.25, 0.3) is 10.9 Å². The van der Waals surface area contributed by atoms with Crippen LogP contribution in [-0.2, 0) is 11.4 Å². The number of aliphatic hydroxyl groups is 1. The van der Waals surface area contributed by atoms with Crippen molar-refractivity contribution in [3.05, 3.63) is 61.5 Å². The van der Waals surface area contributed by atoms with Gasteiger partial charge in [-0.05, 0) is 40.8 Å². The molecule has 0 atom stereocenters. The number of hydroxylamine groups is 1. The van der Waals surface area contributed by atoms with Crippen LogP contribution in [0.5, 0.6) is 0 Å². The summed E-state index contributed by atoms with van der Waals surface area (Å²) in [6, 6.07) is 6.14. The van der Waals surface area contributed by atoms with Gasteiger partial charge in [0.15, 0.2) is 0 Å². The first-order chi connectivity index (χ1) is 12.5. The molecule has 0 saturated heterocycles. The van der Waals surface area contributed by atoms with Gasteiger partial charge in [0.2, 0.25) is 0 Å². The Morgan fingerprint density at radius 2 is 2.23 bits per heavy atom. The summed E-state index contributed by atoms with van der Waals surface area (Å²) in [6.07, 6.45) is 1.40. The summed E-state index contributed by atoms with van der Waals surface area (Å²) in [4.78, 5) is 29.2. The number of aliphatic hydroxyl groups excluding tert-OH is 1. The van der Waals surface area contributed by atoms with Gasteiger partial charge in [-0.15, -0.1) is 0 Å². The molecule has 136 valence electrons. The van der Waals surface area contributed by atoms with Crippen molar-refractivity contribution >= 4 is 39.4 Å². The Labute approximate surface area is 160 Å². The van der Waals surface area contributed by atoms with Crippen molar-refractivity contribution in [2.24, 2.45) is 0 Å². The Bertz CT molecular complexity index is 1020. The Balaban J connectivity index is 2.06. The van der Waals surface area contributed by atoms with Gasteiger partial charge in [0, 0.05) is 9.13 Å². The van der Waals surface area contributed by atoms with E-state index in [1.54, 1.807) is 12.1 Å². The van der Waals surface area contributed by atoms with Crippen LogP contribution in [0.1, 0.15) is 16.1 Å². The maximum absolute atomic E-state index is 14.2. The summed E-state index contributed by atoms with van der Waals surface area (Å²) in [6.45, 7) is -0.319. The standard InChI is InChI=1S/C16H14FIN4O4/c17-12-5-10(18)2-1-9(12)8-22-13(16(25)21-26-4-3-23)6-11-14(22)7-19-20-15(11)24/h1-2,5-7,23H,3-4,8H2,(H,20,24)(H,21,25). The molecule has 3 N–H and O–H groups in total. The molecule has 2 heterocycles. The van der Waals surface area contributed by atoms with E-state index in [-0.39, 0.29) is 30.8 Å². The van der Waals surface area contributed by atoms with Gasteiger partial charge >= 0.3 is 0 Å². The molecule has 0 aliphatic carbocycles. The fraction of sp³-hybridized carbons (Fsp3) is 0.188. The van der Waals surface area contributed by atoms with Gasteiger partial charge in [0.05, 0.1) is 36.9 Å². The fourth-order valence-corrected chi connectivity index (χ4v) is 2.94. The molecule has 0 bridgehead atoms. The van der Waals surface area contributed by atoms with Crippen LogP contribution in [0.15, 0.2) is 35.3 Å². The number of aromatic amines is 1. The number of fused-ring (bicyclic) bond motifs is 1. The zero-order valence-electron chi connectivity index (χ0n) is 13.3. The Morgan fingerprint density at radius 3 is 2.96 bits per heavy atom. The van der Waals surface area contributed by atoms with Crippen LogP contribution in [0.2, 0.25) is 0 Å². The number of benzene rings is 1. The monoisotopic (exact) mass is 472 g/mol. The highest BCUT2D eigenvalue weighted by Crippen LogP contribution is 2.20. The third-order valence-corrected chi connectivity index (χ3v) is 4.34. The summed E-state index contributed by atoms with van der Waals surface area (Å²) in [5.74, 6) is -1.04. The maximum atomic E-state index is 14.2. The lowest BCUT2D eigenvalue weighted by Gasteiger charge is -2.12. The minimum atomic E-state index is -0.625. The number of aromatic nitrogens is 3. The lowest BCUT2D eigenvalue weighted by atomic mass is 10.2. The Hall–Kier alpha value is -2.31. The summed E-state index contributed by atoms with van der Waals surface area (Å²) in [7, 11) is 0. The maximum Gasteiger partial charge on any atom is 0.291 e. The van der Waals surface area contributed by atoms with Crippen molar-refractivity contribution in [2.45, 2.75) is 6.54 Å². The molecule has 0 aliphatic rings. The molecule has 0 saturated carbocycles. The third kappa shape index (κ3) is 3.76. The highest BCUT2D eigenvalue weighted by atomic mass is 127. The number of rotatable bonds is 6.